The third-order valence-corrected chi connectivity index (χ3v) is 6.06. The van der Waals surface area contributed by atoms with Gasteiger partial charge in [0.15, 0.2) is 0 Å². The summed E-state index contributed by atoms with van der Waals surface area (Å²) in [7, 11) is -2.84. The van der Waals surface area contributed by atoms with Gasteiger partial charge in [-0.25, -0.2) is 25.9 Å². The lowest BCUT2D eigenvalue weighted by atomic mass is 10.2. The minimum atomic E-state index is -3.65. The molecule has 0 amide bonds. The second kappa shape index (κ2) is 6.60. The van der Waals surface area contributed by atoms with Crippen molar-refractivity contribution in [3.63, 3.8) is 0 Å². The third-order valence-electron chi connectivity index (χ3n) is 2.82. The number of anilines is 2. The van der Waals surface area contributed by atoms with Crippen molar-refractivity contribution < 1.29 is 16.8 Å². The standard InChI is InChI=1S/C11H20N4O4S2/c1-13-20(16,17)8-7-14-9-5-4-6-10(11(9)12)21(18,19)15(2)3/h4-6,13-14H,7-8,12H2,1-3H3. The average molecular weight is 336 g/mol. The summed E-state index contributed by atoms with van der Waals surface area (Å²) in [6.07, 6.45) is 0. The van der Waals surface area contributed by atoms with Gasteiger partial charge in [-0.2, -0.15) is 0 Å². The first-order valence-corrected chi connectivity index (χ1v) is 9.17. The van der Waals surface area contributed by atoms with Crippen LogP contribution in [0.25, 0.3) is 0 Å². The second-order valence-corrected chi connectivity index (χ2v) is 8.62. The highest BCUT2D eigenvalue weighted by molar-refractivity contribution is 7.89. The zero-order valence-corrected chi connectivity index (χ0v) is 13.8. The van der Waals surface area contributed by atoms with E-state index in [1.807, 2.05) is 0 Å². The highest BCUT2D eigenvalue weighted by atomic mass is 32.2. The Morgan fingerprint density at radius 3 is 2.33 bits per heavy atom. The molecular formula is C11H20N4O4S2. The van der Waals surface area contributed by atoms with Gasteiger partial charge in [-0.05, 0) is 19.2 Å². The number of sulfonamides is 2. The SMILES string of the molecule is CNS(=O)(=O)CCNc1cccc(S(=O)(=O)N(C)C)c1N. The molecule has 0 unspecified atom stereocenters. The molecule has 21 heavy (non-hydrogen) atoms. The molecule has 120 valence electrons. The number of nitrogens with one attached hydrogen (secondary N) is 2. The Labute approximate surface area is 125 Å². The maximum absolute atomic E-state index is 12.1. The fraction of sp³-hybridized carbons (Fsp3) is 0.455. The molecule has 0 saturated carbocycles. The highest BCUT2D eigenvalue weighted by Crippen LogP contribution is 2.27. The average Bonchev–Trinajstić information content (AvgIpc) is 2.40. The fourth-order valence-corrected chi connectivity index (χ4v) is 3.15. The molecule has 0 atom stereocenters. The van der Waals surface area contributed by atoms with Gasteiger partial charge in [0.2, 0.25) is 20.0 Å². The minimum Gasteiger partial charge on any atom is -0.396 e. The number of hydrogen-bond acceptors (Lipinski definition) is 6. The van der Waals surface area contributed by atoms with E-state index in [1.165, 1.54) is 27.2 Å². The van der Waals surface area contributed by atoms with Gasteiger partial charge in [0, 0.05) is 20.6 Å². The van der Waals surface area contributed by atoms with Gasteiger partial charge in [0.05, 0.1) is 17.1 Å². The maximum atomic E-state index is 12.1. The van der Waals surface area contributed by atoms with Crippen LogP contribution in [0.1, 0.15) is 0 Å². The number of nitrogens with two attached hydrogens (primary N) is 1. The van der Waals surface area contributed by atoms with Crippen molar-refractivity contribution in [1.82, 2.24) is 9.03 Å². The van der Waals surface area contributed by atoms with E-state index in [-0.39, 0.29) is 22.9 Å². The molecule has 0 spiro atoms. The monoisotopic (exact) mass is 336 g/mol. The van der Waals surface area contributed by atoms with Gasteiger partial charge in [-0.15, -0.1) is 0 Å². The Bertz CT molecular complexity index is 699. The molecule has 0 aromatic heterocycles. The van der Waals surface area contributed by atoms with E-state index in [2.05, 4.69) is 10.0 Å². The fourth-order valence-electron chi connectivity index (χ4n) is 1.54. The van der Waals surface area contributed by atoms with Gasteiger partial charge in [-0.3, -0.25) is 0 Å². The topological polar surface area (TPSA) is 122 Å². The summed E-state index contributed by atoms with van der Waals surface area (Å²) in [5, 5.41) is 2.83. The van der Waals surface area contributed by atoms with Crippen LogP contribution in [0, 0.1) is 0 Å². The molecular weight excluding hydrogens is 316 g/mol. The van der Waals surface area contributed by atoms with Crippen LogP contribution in [-0.4, -0.2) is 54.6 Å². The molecule has 10 heteroatoms. The van der Waals surface area contributed by atoms with Crippen molar-refractivity contribution in [2.45, 2.75) is 4.90 Å². The summed E-state index contributed by atoms with van der Waals surface area (Å²) in [4.78, 5) is -0.0195. The molecule has 0 fully saturated rings. The van der Waals surface area contributed by atoms with Crippen LogP contribution in [0.2, 0.25) is 0 Å². The quantitative estimate of drug-likeness (QED) is 0.576. The van der Waals surface area contributed by atoms with E-state index in [1.54, 1.807) is 12.1 Å². The second-order valence-electron chi connectivity index (χ2n) is 4.45. The molecule has 0 heterocycles. The number of nitrogen functional groups attached to an aromatic ring is 1. The largest absolute Gasteiger partial charge is 0.396 e. The first-order valence-electron chi connectivity index (χ1n) is 6.08. The van der Waals surface area contributed by atoms with Gasteiger partial charge in [0.25, 0.3) is 0 Å². The van der Waals surface area contributed by atoms with Crippen LogP contribution in [-0.2, 0) is 20.0 Å². The molecule has 0 radical (unpaired) electrons. The maximum Gasteiger partial charge on any atom is 0.244 e. The molecule has 0 saturated heterocycles. The molecule has 4 N–H and O–H groups in total. The predicted molar refractivity (Wildman–Crippen MR) is 83.1 cm³/mol. The predicted octanol–water partition coefficient (Wildman–Crippen LogP) is -0.520. The number of hydrogen-bond donors (Lipinski definition) is 3. The molecule has 0 bridgehead atoms. The minimum absolute atomic E-state index is 0.0195. The first-order chi connectivity index (χ1) is 9.62. The third kappa shape index (κ3) is 4.30. The molecule has 1 rings (SSSR count). The van der Waals surface area contributed by atoms with Crippen molar-refractivity contribution in [1.29, 1.82) is 0 Å². The zero-order valence-electron chi connectivity index (χ0n) is 12.1. The summed E-state index contributed by atoms with van der Waals surface area (Å²) in [6.45, 7) is 0.110. The Morgan fingerprint density at radius 1 is 1.19 bits per heavy atom. The van der Waals surface area contributed by atoms with Crippen molar-refractivity contribution >= 4 is 31.4 Å². The zero-order chi connectivity index (χ0) is 16.3. The van der Waals surface area contributed by atoms with Crippen molar-refractivity contribution in [3.8, 4) is 0 Å². The first kappa shape index (κ1) is 17.7. The Hall–Kier alpha value is -1.36. The van der Waals surface area contributed by atoms with E-state index in [9.17, 15) is 16.8 Å². The van der Waals surface area contributed by atoms with Crippen LogP contribution in [0.4, 0.5) is 11.4 Å². The van der Waals surface area contributed by atoms with E-state index in [4.69, 9.17) is 5.73 Å². The van der Waals surface area contributed by atoms with Gasteiger partial charge in [0.1, 0.15) is 4.90 Å². The van der Waals surface area contributed by atoms with Gasteiger partial charge in [-0.1, -0.05) is 6.07 Å². The number of rotatable bonds is 7. The van der Waals surface area contributed by atoms with E-state index < -0.39 is 20.0 Å². The molecule has 1 aromatic rings. The molecule has 0 aliphatic rings. The Balaban J connectivity index is 2.98. The van der Waals surface area contributed by atoms with E-state index >= 15 is 0 Å². The summed E-state index contributed by atoms with van der Waals surface area (Å²) in [5.74, 6) is -0.145. The van der Waals surface area contributed by atoms with Crippen LogP contribution in [0.5, 0.6) is 0 Å². The number of para-hydroxylation sites is 1. The van der Waals surface area contributed by atoms with Crippen LogP contribution in [0.15, 0.2) is 23.1 Å². The lowest BCUT2D eigenvalue weighted by molar-refractivity contribution is 0.521. The van der Waals surface area contributed by atoms with E-state index in [0.717, 1.165) is 4.31 Å². The Kier molecular flexibility index (Phi) is 5.56. The van der Waals surface area contributed by atoms with Gasteiger partial charge >= 0.3 is 0 Å². The number of benzene rings is 1. The summed E-state index contributed by atoms with van der Waals surface area (Å²) < 4.78 is 50.1. The molecule has 0 aliphatic heterocycles. The van der Waals surface area contributed by atoms with Gasteiger partial charge < -0.3 is 11.1 Å². The normalized spacial score (nSPS) is 12.6. The van der Waals surface area contributed by atoms with E-state index in [0.29, 0.717) is 5.69 Å². The lowest BCUT2D eigenvalue weighted by Gasteiger charge is -2.16. The summed E-state index contributed by atoms with van der Waals surface area (Å²) in [5.41, 5.74) is 6.30. The van der Waals surface area contributed by atoms with Crippen LogP contribution >= 0.6 is 0 Å². The highest BCUT2D eigenvalue weighted by Gasteiger charge is 2.21. The summed E-state index contributed by atoms with van der Waals surface area (Å²) in [6, 6.07) is 4.54. The van der Waals surface area contributed by atoms with Crippen molar-refractivity contribution in [2.24, 2.45) is 0 Å². The van der Waals surface area contributed by atoms with Crippen LogP contribution < -0.4 is 15.8 Å². The summed E-state index contributed by atoms with van der Waals surface area (Å²) >= 11 is 0. The van der Waals surface area contributed by atoms with Crippen molar-refractivity contribution in [3.05, 3.63) is 18.2 Å². The molecule has 1 aromatic carbocycles. The molecule has 8 nitrogen and oxygen atoms in total. The smallest absolute Gasteiger partial charge is 0.244 e. The Morgan fingerprint density at radius 2 is 1.81 bits per heavy atom. The van der Waals surface area contributed by atoms with Crippen molar-refractivity contribution in [2.75, 3.05) is 44.5 Å². The number of nitrogens with zero attached hydrogens (tertiary/aromatic N) is 1. The lowest BCUT2D eigenvalue weighted by Crippen LogP contribution is -2.26. The molecule has 0 aliphatic carbocycles. The van der Waals surface area contributed by atoms with Crippen LogP contribution in [0.3, 0.4) is 0 Å².